The molecule has 0 atom stereocenters. The van der Waals surface area contributed by atoms with E-state index in [4.69, 9.17) is 23.2 Å². The molecule has 0 saturated heterocycles. The van der Waals surface area contributed by atoms with Crippen molar-refractivity contribution < 1.29 is 9.72 Å². The van der Waals surface area contributed by atoms with Crippen LogP contribution in [0, 0.1) is 10.1 Å². The van der Waals surface area contributed by atoms with Crippen LogP contribution in [0.4, 0.5) is 5.69 Å². The van der Waals surface area contributed by atoms with Gasteiger partial charge in [-0.15, -0.1) is 0 Å². The molecule has 0 saturated carbocycles. The largest absolute Gasteiger partial charge is 0.337 e. The molecular weight excluding hydrogens is 429 g/mol. The molecule has 2 aromatic carbocycles. The second-order valence-corrected chi connectivity index (χ2v) is 7.48. The van der Waals surface area contributed by atoms with Gasteiger partial charge < -0.3 is 9.47 Å². The summed E-state index contributed by atoms with van der Waals surface area (Å²) in [5.74, 6) is -0.356. The summed E-state index contributed by atoms with van der Waals surface area (Å²) in [6, 6.07) is 14.0. The van der Waals surface area contributed by atoms with Gasteiger partial charge in [-0.3, -0.25) is 19.7 Å². The van der Waals surface area contributed by atoms with E-state index >= 15 is 0 Å². The van der Waals surface area contributed by atoms with Crippen molar-refractivity contribution >= 4 is 34.8 Å². The van der Waals surface area contributed by atoms with Gasteiger partial charge in [0.25, 0.3) is 17.2 Å². The summed E-state index contributed by atoms with van der Waals surface area (Å²) < 4.78 is 1.41. The van der Waals surface area contributed by atoms with E-state index in [9.17, 15) is 19.7 Å². The van der Waals surface area contributed by atoms with Crippen molar-refractivity contribution in [2.24, 2.45) is 0 Å². The van der Waals surface area contributed by atoms with Gasteiger partial charge in [0.1, 0.15) is 0 Å². The molecule has 3 aromatic rings. The Bertz CT molecular complexity index is 1180. The molecule has 0 radical (unpaired) electrons. The van der Waals surface area contributed by atoms with Crippen LogP contribution in [0.25, 0.3) is 0 Å². The molecule has 0 bridgehead atoms. The molecule has 7 nitrogen and oxygen atoms in total. The number of nitro groups is 1. The summed E-state index contributed by atoms with van der Waals surface area (Å²) in [5, 5.41) is 11.8. The highest BCUT2D eigenvalue weighted by Crippen LogP contribution is 2.23. The Morgan fingerprint density at radius 2 is 1.77 bits per heavy atom. The predicted octanol–water partition coefficient (Wildman–Crippen LogP) is 4.38. The minimum atomic E-state index is -0.522. The van der Waals surface area contributed by atoms with Crippen LogP contribution in [0.5, 0.6) is 0 Å². The Kier molecular flexibility index (Phi) is 6.54. The molecule has 0 spiro atoms. The first-order chi connectivity index (χ1) is 14.3. The van der Waals surface area contributed by atoms with Gasteiger partial charge in [0.2, 0.25) is 0 Å². The Morgan fingerprint density at radius 3 is 2.47 bits per heavy atom. The maximum atomic E-state index is 12.9. The number of pyridine rings is 1. The Labute approximate surface area is 182 Å². The van der Waals surface area contributed by atoms with Crippen LogP contribution < -0.4 is 5.56 Å². The summed E-state index contributed by atoms with van der Waals surface area (Å²) in [6.45, 7) is 0.295. The van der Waals surface area contributed by atoms with E-state index < -0.39 is 4.92 Å². The van der Waals surface area contributed by atoms with Crippen molar-refractivity contribution in [3.63, 3.8) is 0 Å². The number of amides is 1. The fourth-order valence-corrected chi connectivity index (χ4v) is 3.31. The minimum absolute atomic E-state index is 0.0724. The van der Waals surface area contributed by atoms with E-state index in [1.54, 1.807) is 25.2 Å². The molecular formula is C21H17Cl2N3O4. The van der Waals surface area contributed by atoms with Gasteiger partial charge >= 0.3 is 0 Å². The van der Waals surface area contributed by atoms with E-state index in [-0.39, 0.29) is 30.2 Å². The molecule has 30 heavy (non-hydrogen) atoms. The van der Waals surface area contributed by atoms with Gasteiger partial charge in [-0.1, -0.05) is 41.4 Å². The zero-order chi connectivity index (χ0) is 21.8. The number of nitro benzene ring substituents is 1. The lowest BCUT2D eigenvalue weighted by atomic mass is 10.1. The zero-order valence-corrected chi connectivity index (χ0v) is 17.4. The molecule has 0 unspecified atom stereocenters. The first-order valence-electron chi connectivity index (χ1n) is 8.88. The van der Waals surface area contributed by atoms with Crippen LogP contribution in [0.2, 0.25) is 10.0 Å². The first kappa shape index (κ1) is 21.5. The van der Waals surface area contributed by atoms with Crippen molar-refractivity contribution in [3.05, 3.63) is 108 Å². The molecule has 0 aliphatic heterocycles. The Hall–Kier alpha value is -3.16. The molecule has 0 N–H and O–H groups in total. The summed E-state index contributed by atoms with van der Waals surface area (Å²) in [7, 11) is 1.56. The summed E-state index contributed by atoms with van der Waals surface area (Å²) >= 11 is 12.3. The maximum absolute atomic E-state index is 12.9. The van der Waals surface area contributed by atoms with Gasteiger partial charge in [0.05, 0.1) is 17.0 Å². The van der Waals surface area contributed by atoms with Crippen molar-refractivity contribution in [3.8, 4) is 0 Å². The lowest BCUT2D eigenvalue weighted by Crippen LogP contribution is -2.28. The number of aromatic nitrogens is 1. The van der Waals surface area contributed by atoms with Gasteiger partial charge in [-0.05, 0) is 29.3 Å². The SMILES string of the molecule is CN(Cc1cc([N+](=O)[O-])ccc1Cl)C(=O)c1ccc(=O)n(Cc2ccccc2Cl)c1. The van der Waals surface area contributed by atoms with Crippen LogP contribution in [-0.4, -0.2) is 27.3 Å². The first-order valence-corrected chi connectivity index (χ1v) is 9.64. The average Bonchev–Trinajstić information content (AvgIpc) is 2.72. The Morgan fingerprint density at radius 1 is 1.07 bits per heavy atom. The van der Waals surface area contributed by atoms with Crippen LogP contribution in [0.15, 0.2) is 65.6 Å². The van der Waals surface area contributed by atoms with E-state index in [0.29, 0.717) is 21.2 Å². The molecule has 154 valence electrons. The van der Waals surface area contributed by atoms with Crippen LogP contribution in [-0.2, 0) is 13.1 Å². The number of carbonyl (C=O) groups excluding carboxylic acids is 1. The fourth-order valence-electron chi connectivity index (χ4n) is 2.94. The summed E-state index contributed by atoms with van der Waals surface area (Å²) in [6.07, 6.45) is 1.47. The second-order valence-electron chi connectivity index (χ2n) is 6.67. The third-order valence-corrected chi connectivity index (χ3v) is 5.26. The van der Waals surface area contributed by atoms with E-state index in [0.717, 1.165) is 5.56 Å². The number of nitrogens with zero attached hydrogens (tertiary/aromatic N) is 3. The van der Waals surface area contributed by atoms with Crippen molar-refractivity contribution in [1.82, 2.24) is 9.47 Å². The van der Waals surface area contributed by atoms with E-state index in [2.05, 4.69) is 0 Å². The highest BCUT2D eigenvalue weighted by Gasteiger charge is 2.17. The number of carbonyl (C=O) groups is 1. The van der Waals surface area contributed by atoms with E-state index in [1.807, 2.05) is 6.07 Å². The molecule has 0 aliphatic carbocycles. The minimum Gasteiger partial charge on any atom is -0.337 e. The second kappa shape index (κ2) is 9.11. The number of benzene rings is 2. The van der Waals surface area contributed by atoms with Crippen LogP contribution in [0.3, 0.4) is 0 Å². The number of halogens is 2. The molecule has 1 aromatic heterocycles. The third kappa shape index (κ3) is 4.87. The molecule has 0 fully saturated rings. The number of non-ortho nitro benzene ring substituents is 1. The standard InChI is InChI=1S/C21H17Cl2N3O4/c1-24(11-16-10-17(26(29)30)7-8-19(16)23)21(28)15-6-9-20(27)25(13-15)12-14-4-2-3-5-18(14)22/h2-10,13H,11-12H2,1H3. The molecule has 0 aliphatic rings. The molecule has 1 heterocycles. The quantitative estimate of drug-likeness (QED) is 0.416. The Balaban J connectivity index is 1.83. The van der Waals surface area contributed by atoms with Gasteiger partial charge in [-0.25, -0.2) is 0 Å². The van der Waals surface area contributed by atoms with Crippen molar-refractivity contribution in [2.75, 3.05) is 7.05 Å². The van der Waals surface area contributed by atoms with Gasteiger partial charge in [-0.2, -0.15) is 0 Å². The summed E-state index contributed by atoms with van der Waals surface area (Å²) in [5.41, 5.74) is 1.12. The lowest BCUT2D eigenvalue weighted by Gasteiger charge is -2.19. The smallest absolute Gasteiger partial charge is 0.269 e. The lowest BCUT2D eigenvalue weighted by molar-refractivity contribution is -0.384. The number of hydrogen-bond acceptors (Lipinski definition) is 4. The van der Waals surface area contributed by atoms with E-state index in [1.165, 1.54) is 46.0 Å². The fraction of sp³-hybridized carbons (Fsp3) is 0.143. The molecule has 1 amide bonds. The average molecular weight is 446 g/mol. The molecule has 9 heteroatoms. The topological polar surface area (TPSA) is 85.4 Å². The van der Waals surface area contributed by atoms with Crippen LogP contribution in [0.1, 0.15) is 21.5 Å². The van der Waals surface area contributed by atoms with Crippen molar-refractivity contribution in [2.45, 2.75) is 13.1 Å². The summed E-state index contributed by atoms with van der Waals surface area (Å²) in [4.78, 5) is 36.9. The van der Waals surface area contributed by atoms with Gasteiger partial charge in [0.15, 0.2) is 0 Å². The predicted molar refractivity (Wildman–Crippen MR) is 115 cm³/mol. The number of hydrogen-bond donors (Lipinski definition) is 0. The highest BCUT2D eigenvalue weighted by atomic mass is 35.5. The monoisotopic (exact) mass is 445 g/mol. The highest BCUT2D eigenvalue weighted by molar-refractivity contribution is 6.31. The third-order valence-electron chi connectivity index (χ3n) is 4.52. The number of rotatable bonds is 6. The zero-order valence-electron chi connectivity index (χ0n) is 15.9. The maximum Gasteiger partial charge on any atom is 0.269 e. The van der Waals surface area contributed by atoms with Gasteiger partial charge in [0, 0.05) is 48.0 Å². The normalized spacial score (nSPS) is 10.6. The van der Waals surface area contributed by atoms with Crippen LogP contribution >= 0.6 is 23.2 Å². The van der Waals surface area contributed by atoms with Crippen molar-refractivity contribution in [1.29, 1.82) is 0 Å². The molecule has 3 rings (SSSR count).